The van der Waals surface area contributed by atoms with Crippen molar-refractivity contribution in [2.24, 2.45) is 0 Å². The van der Waals surface area contributed by atoms with Crippen molar-refractivity contribution >= 4 is 9.84 Å². The van der Waals surface area contributed by atoms with Crippen LogP contribution in [0.2, 0.25) is 0 Å². The average Bonchev–Trinajstić information content (AvgIpc) is 2.02. The molecule has 0 atom stereocenters. The van der Waals surface area contributed by atoms with E-state index in [0.717, 1.165) is 11.1 Å². The highest BCUT2D eigenvalue weighted by Gasteiger charge is 2.20. The second-order valence-electron chi connectivity index (χ2n) is 2.99. The van der Waals surface area contributed by atoms with Crippen molar-refractivity contribution in [3.63, 3.8) is 0 Å². The summed E-state index contributed by atoms with van der Waals surface area (Å²) in [6.45, 7) is 0. The van der Waals surface area contributed by atoms with Crippen molar-refractivity contribution in [1.82, 2.24) is 4.98 Å². The van der Waals surface area contributed by atoms with E-state index in [1.165, 1.54) is 0 Å². The number of pyridine rings is 1. The van der Waals surface area contributed by atoms with E-state index >= 15 is 0 Å². The molecule has 3 nitrogen and oxygen atoms in total. The van der Waals surface area contributed by atoms with E-state index < -0.39 is 9.84 Å². The molecule has 0 amide bonds. The smallest absolute Gasteiger partial charge is 0.154 e. The van der Waals surface area contributed by atoms with E-state index in [4.69, 9.17) is 0 Å². The highest BCUT2D eigenvalue weighted by molar-refractivity contribution is 7.90. The molecule has 0 unspecified atom stereocenters. The van der Waals surface area contributed by atoms with Gasteiger partial charge in [0.2, 0.25) is 0 Å². The molecule has 2 rings (SSSR count). The Morgan fingerprint density at radius 1 is 1.33 bits per heavy atom. The van der Waals surface area contributed by atoms with Gasteiger partial charge in [0, 0.05) is 12.4 Å². The summed E-state index contributed by atoms with van der Waals surface area (Å²) >= 11 is 0. The minimum Gasteiger partial charge on any atom is -0.264 e. The lowest BCUT2D eigenvalue weighted by molar-refractivity contribution is 0.591. The van der Waals surface area contributed by atoms with Gasteiger partial charge in [0.05, 0.1) is 11.5 Å². The van der Waals surface area contributed by atoms with Gasteiger partial charge in [0.1, 0.15) is 0 Å². The van der Waals surface area contributed by atoms with Crippen LogP contribution in [0.15, 0.2) is 18.5 Å². The summed E-state index contributed by atoms with van der Waals surface area (Å²) in [5.74, 6) is 0.455. The van der Waals surface area contributed by atoms with Crippen molar-refractivity contribution in [1.29, 1.82) is 0 Å². The van der Waals surface area contributed by atoms with E-state index in [2.05, 4.69) is 4.98 Å². The van der Waals surface area contributed by atoms with E-state index in [1.807, 2.05) is 0 Å². The molecule has 1 aliphatic heterocycles. The van der Waals surface area contributed by atoms with Gasteiger partial charge in [0.15, 0.2) is 9.84 Å². The summed E-state index contributed by atoms with van der Waals surface area (Å²) in [6.07, 6.45) is 4.01. The van der Waals surface area contributed by atoms with E-state index in [-0.39, 0.29) is 11.5 Å². The number of sulfone groups is 1. The van der Waals surface area contributed by atoms with Gasteiger partial charge in [0.25, 0.3) is 0 Å². The molecule has 0 aromatic carbocycles. The third-order valence-electron chi connectivity index (χ3n) is 2.06. The Morgan fingerprint density at radius 3 is 3.00 bits per heavy atom. The molecule has 0 spiro atoms. The Labute approximate surface area is 71.4 Å². The number of rotatable bonds is 0. The molecule has 1 aliphatic rings. The Hall–Kier alpha value is -0.900. The summed E-state index contributed by atoms with van der Waals surface area (Å²) in [4.78, 5) is 3.95. The molecule has 12 heavy (non-hydrogen) atoms. The van der Waals surface area contributed by atoms with E-state index in [9.17, 15) is 8.42 Å². The van der Waals surface area contributed by atoms with Gasteiger partial charge in [-0.3, -0.25) is 4.98 Å². The Balaban J connectivity index is 2.48. The fourth-order valence-corrected chi connectivity index (χ4v) is 2.83. The molecule has 2 heterocycles. The van der Waals surface area contributed by atoms with Crippen molar-refractivity contribution in [2.45, 2.75) is 12.2 Å². The molecule has 4 heteroatoms. The van der Waals surface area contributed by atoms with Gasteiger partial charge in [-0.25, -0.2) is 8.42 Å². The summed E-state index contributed by atoms with van der Waals surface area (Å²) < 4.78 is 22.4. The zero-order valence-electron chi connectivity index (χ0n) is 6.53. The molecule has 0 saturated heterocycles. The maximum absolute atomic E-state index is 11.2. The normalized spacial score (nSPS) is 20.0. The highest BCUT2D eigenvalue weighted by atomic mass is 32.2. The van der Waals surface area contributed by atoms with Crippen LogP contribution in [0.1, 0.15) is 11.1 Å². The zero-order chi connectivity index (χ0) is 8.60. The minimum atomic E-state index is -2.82. The van der Waals surface area contributed by atoms with Crippen molar-refractivity contribution in [3.8, 4) is 0 Å². The fraction of sp³-hybridized carbons (Fsp3) is 0.375. The summed E-state index contributed by atoms with van der Waals surface area (Å²) in [7, 11) is -2.82. The van der Waals surface area contributed by atoms with Gasteiger partial charge in [-0.05, 0) is 23.6 Å². The van der Waals surface area contributed by atoms with Crippen LogP contribution in [0.4, 0.5) is 0 Å². The highest BCUT2D eigenvalue weighted by Crippen LogP contribution is 2.18. The molecule has 0 fully saturated rings. The summed E-state index contributed by atoms with van der Waals surface area (Å²) in [6, 6.07) is 1.78. The van der Waals surface area contributed by atoms with E-state index in [0.29, 0.717) is 6.42 Å². The van der Waals surface area contributed by atoms with Crippen molar-refractivity contribution in [3.05, 3.63) is 29.6 Å². The third kappa shape index (κ3) is 1.34. The molecule has 0 N–H and O–H groups in total. The lowest BCUT2D eigenvalue weighted by atomic mass is 10.1. The Morgan fingerprint density at radius 2 is 2.17 bits per heavy atom. The second kappa shape index (κ2) is 2.55. The molecule has 0 radical (unpaired) electrons. The molecule has 0 aliphatic carbocycles. The fourth-order valence-electron chi connectivity index (χ4n) is 1.40. The topological polar surface area (TPSA) is 47.0 Å². The van der Waals surface area contributed by atoms with Crippen LogP contribution in [0, 0.1) is 0 Å². The van der Waals surface area contributed by atoms with Crippen LogP contribution in [0.5, 0.6) is 0 Å². The van der Waals surface area contributed by atoms with Gasteiger partial charge < -0.3 is 0 Å². The van der Waals surface area contributed by atoms with Gasteiger partial charge in [-0.15, -0.1) is 0 Å². The average molecular weight is 183 g/mol. The second-order valence-corrected chi connectivity index (χ2v) is 5.17. The van der Waals surface area contributed by atoms with Crippen LogP contribution < -0.4 is 0 Å². The monoisotopic (exact) mass is 183 g/mol. The lowest BCUT2D eigenvalue weighted by Gasteiger charge is -2.14. The predicted octanol–water partition coefficient (Wildman–Crippen LogP) is 0.553. The molecule has 1 aromatic rings. The number of fused-ring (bicyclic) bond motifs is 1. The van der Waals surface area contributed by atoms with E-state index in [1.54, 1.807) is 18.5 Å². The van der Waals surface area contributed by atoms with Crippen molar-refractivity contribution < 1.29 is 8.42 Å². The van der Waals surface area contributed by atoms with Crippen molar-refractivity contribution in [2.75, 3.05) is 5.75 Å². The van der Waals surface area contributed by atoms with Crippen LogP contribution in [0.3, 0.4) is 0 Å². The van der Waals surface area contributed by atoms with Gasteiger partial charge >= 0.3 is 0 Å². The summed E-state index contributed by atoms with van der Waals surface area (Å²) in [5.41, 5.74) is 1.99. The third-order valence-corrected chi connectivity index (χ3v) is 3.64. The van der Waals surface area contributed by atoms with Gasteiger partial charge in [-0.2, -0.15) is 0 Å². The molecular weight excluding hydrogens is 174 g/mol. The Bertz CT molecular complexity index is 397. The summed E-state index contributed by atoms with van der Waals surface area (Å²) in [5, 5.41) is 0. The predicted molar refractivity (Wildman–Crippen MR) is 45.4 cm³/mol. The maximum Gasteiger partial charge on any atom is 0.154 e. The minimum absolute atomic E-state index is 0.185. The Kier molecular flexibility index (Phi) is 1.65. The SMILES string of the molecule is O=S1(=O)CCc2cnccc2C1. The van der Waals surface area contributed by atoms with Crippen LogP contribution in [-0.2, 0) is 22.0 Å². The molecule has 0 saturated carbocycles. The first kappa shape index (κ1) is 7.73. The van der Waals surface area contributed by atoms with Crippen LogP contribution in [-0.4, -0.2) is 19.2 Å². The molecular formula is C8H9NO2S. The number of hydrogen-bond donors (Lipinski definition) is 0. The largest absolute Gasteiger partial charge is 0.264 e. The molecule has 0 bridgehead atoms. The molecule has 64 valence electrons. The number of aryl methyl sites for hydroxylation is 1. The van der Waals surface area contributed by atoms with Gasteiger partial charge in [-0.1, -0.05) is 0 Å². The number of nitrogens with zero attached hydrogens (tertiary/aromatic N) is 1. The standard InChI is InChI=1S/C8H9NO2S/c10-12(11)4-2-7-5-9-3-1-8(7)6-12/h1,3,5H,2,4,6H2. The van der Waals surface area contributed by atoms with Crippen LogP contribution in [0.25, 0.3) is 0 Å². The first-order valence-corrected chi connectivity index (χ1v) is 5.62. The first-order valence-electron chi connectivity index (χ1n) is 3.79. The first-order chi connectivity index (χ1) is 5.67. The molecule has 1 aromatic heterocycles. The quantitative estimate of drug-likeness (QED) is 0.590. The van der Waals surface area contributed by atoms with Crippen LogP contribution >= 0.6 is 0 Å². The zero-order valence-corrected chi connectivity index (χ0v) is 7.34. The number of hydrogen-bond acceptors (Lipinski definition) is 3. The lowest BCUT2D eigenvalue weighted by Crippen LogP contribution is -2.18. The number of aromatic nitrogens is 1. The maximum atomic E-state index is 11.2.